The Labute approximate surface area is 131 Å². The van der Waals surface area contributed by atoms with Crippen molar-refractivity contribution in [2.45, 2.75) is 78.9 Å². The molecule has 0 saturated carbocycles. The molecule has 0 amide bonds. The highest BCUT2D eigenvalue weighted by molar-refractivity contribution is 5.17. The maximum Gasteiger partial charge on any atom is 0.122 e. The summed E-state index contributed by atoms with van der Waals surface area (Å²) in [7, 11) is 0. The van der Waals surface area contributed by atoms with Crippen molar-refractivity contribution in [3.63, 3.8) is 0 Å². The third-order valence-electron chi connectivity index (χ3n) is 3.67. The van der Waals surface area contributed by atoms with Gasteiger partial charge in [0.25, 0.3) is 0 Å². The van der Waals surface area contributed by atoms with E-state index >= 15 is 0 Å². The summed E-state index contributed by atoms with van der Waals surface area (Å²) in [5.41, 5.74) is 1.45. The van der Waals surface area contributed by atoms with Crippen LogP contribution in [0.25, 0.3) is 0 Å². The zero-order valence-corrected chi connectivity index (χ0v) is 14.7. The lowest BCUT2D eigenvalue weighted by Gasteiger charge is -2.23. The van der Waals surface area contributed by atoms with E-state index in [4.69, 9.17) is 4.42 Å². The number of hydrogen-bond acceptors (Lipinski definition) is 3. The van der Waals surface area contributed by atoms with E-state index in [0.29, 0.717) is 0 Å². The fourth-order valence-electron chi connectivity index (χ4n) is 2.28. The van der Waals surface area contributed by atoms with Crippen LogP contribution in [0.15, 0.2) is 16.7 Å². The molecule has 0 unspecified atom stereocenters. The molecule has 1 heterocycles. The van der Waals surface area contributed by atoms with Gasteiger partial charge in [0, 0.05) is 17.6 Å². The molecule has 0 fully saturated rings. The maximum absolute atomic E-state index is 5.68. The molecule has 0 bridgehead atoms. The molecule has 0 aliphatic rings. The number of rotatable bonds is 10. The molecule has 1 rings (SSSR count). The molecule has 0 spiro atoms. The number of nitrogens with one attached hydrogen (secondary N) is 1. The SMILES string of the molecule is CCCCN(CCCC)Cc1ccoc1CNC(C)(C)C. The van der Waals surface area contributed by atoms with Crippen LogP contribution in [0.1, 0.15) is 71.6 Å². The predicted molar refractivity (Wildman–Crippen MR) is 90.4 cm³/mol. The Morgan fingerprint density at radius 1 is 1.10 bits per heavy atom. The highest BCUT2D eigenvalue weighted by atomic mass is 16.3. The fourth-order valence-corrected chi connectivity index (χ4v) is 2.28. The Balaban J connectivity index is 2.59. The van der Waals surface area contributed by atoms with Gasteiger partial charge in [-0.3, -0.25) is 4.90 Å². The molecular formula is C18H34N2O. The van der Waals surface area contributed by atoms with E-state index < -0.39 is 0 Å². The Morgan fingerprint density at radius 3 is 2.24 bits per heavy atom. The number of hydrogen-bond donors (Lipinski definition) is 1. The first-order valence-corrected chi connectivity index (χ1v) is 8.49. The monoisotopic (exact) mass is 294 g/mol. The third kappa shape index (κ3) is 7.68. The molecule has 0 saturated heterocycles. The quantitative estimate of drug-likeness (QED) is 0.685. The second-order valence-corrected chi connectivity index (χ2v) is 6.96. The number of furan rings is 1. The predicted octanol–water partition coefficient (Wildman–Crippen LogP) is 4.57. The summed E-state index contributed by atoms with van der Waals surface area (Å²) in [6.07, 6.45) is 6.89. The van der Waals surface area contributed by atoms with Crippen molar-refractivity contribution < 1.29 is 4.42 Å². The van der Waals surface area contributed by atoms with Gasteiger partial charge in [0.2, 0.25) is 0 Å². The lowest BCUT2D eigenvalue weighted by atomic mass is 10.1. The molecule has 0 aromatic carbocycles. The molecule has 0 atom stereocenters. The van der Waals surface area contributed by atoms with E-state index in [1.165, 1.54) is 44.3 Å². The van der Waals surface area contributed by atoms with Crippen molar-refractivity contribution in [1.29, 1.82) is 0 Å². The second kappa shape index (κ2) is 9.26. The lowest BCUT2D eigenvalue weighted by Crippen LogP contribution is -2.35. The number of unbranched alkanes of at least 4 members (excludes halogenated alkanes) is 2. The van der Waals surface area contributed by atoms with Crippen molar-refractivity contribution in [1.82, 2.24) is 10.2 Å². The van der Waals surface area contributed by atoms with E-state index in [9.17, 15) is 0 Å². The van der Waals surface area contributed by atoms with Gasteiger partial charge in [0.15, 0.2) is 0 Å². The first kappa shape index (κ1) is 18.2. The van der Waals surface area contributed by atoms with Crippen LogP contribution in [-0.2, 0) is 13.1 Å². The Kier molecular flexibility index (Phi) is 8.05. The standard InChI is InChI=1S/C18H34N2O/c1-6-8-11-20(12-9-7-2)15-16-10-13-21-17(16)14-19-18(3,4)5/h10,13,19H,6-9,11-12,14-15H2,1-5H3. The minimum absolute atomic E-state index is 0.119. The summed E-state index contributed by atoms with van der Waals surface area (Å²) >= 11 is 0. The summed E-state index contributed by atoms with van der Waals surface area (Å²) in [4.78, 5) is 2.57. The van der Waals surface area contributed by atoms with Gasteiger partial charge in [0.05, 0.1) is 12.8 Å². The van der Waals surface area contributed by atoms with Crippen molar-refractivity contribution in [2.75, 3.05) is 13.1 Å². The zero-order valence-electron chi connectivity index (χ0n) is 14.7. The van der Waals surface area contributed by atoms with Crippen molar-refractivity contribution in [2.24, 2.45) is 0 Å². The average molecular weight is 294 g/mol. The van der Waals surface area contributed by atoms with Crippen molar-refractivity contribution >= 4 is 0 Å². The van der Waals surface area contributed by atoms with E-state index in [0.717, 1.165) is 18.8 Å². The van der Waals surface area contributed by atoms with E-state index in [-0.39, 0.29) is 5.54 Å². The van der Waals surface area contributed by atoms with Crippen LogP contribution in [0.2, 0.25) is 0 Å². The highest BCUT2D eigenvalue weighted by Crippen LogP contribution is 2.15. The van der Waals surface area contributed by atoms with Gasteiger partial charge in [-0.1, -0.05) is 26.7 Å². The van der Waals surface area contributed by atoms with Crippen molar-refractivity contribution in [3.8, 4) is 0 Å². The van der Waals surface area contributed by atoms with Gasteiger partial charge in [0.1, 0.15) is 5.76 Å². The topological polar surface area (TPSA) is 28.4 Å². The van der Waals surface area contributed by atoms with Crippen LogP contribution in [0, 0.1) is 0 Å². The van der Waals surface area contributed by atoms with Crippen LogP contribution in [0.5, 0.6) is 0 Å². The molecular weight excluding hydrogens is 260 g/mol. The summed E-state index contributed by atoms with van der Waals surface area (Å²) < 4.78 is 5.68. The molecule has 122 valence electrons. The first-order chi connectivity index (χ1) is 9.96. The van der Waals surface area contributed by atoms with E-state index in [1.54, 1.807) is 0 Å². The molecule has 3 nitrogen and oxygen atoms in total. The zero-order chi connectivity index (χ0) is 15.7. The first-order valence-electron chi connectivity index (χ1n) is 8.49. The van der Waals surface area contributed by atoms with Crippen LogP contribution in [0.4, 0.5) is 0 Å². The Hall–Kier alpha value is -0.800. The molecule has 1 aromatic rings. The summed E-state index contributed by atoms with van der Waals surface area (Å²) in [6, 6.07) is 2.13. The van der Waals surface area contributed by atoms with Gasteiger partial charge < -0.3 is 9.73 Å². The van der Waals surface area contributed by atoms with Gasteiger partial charge in [-0.2, -0.15) is 0 Å². The molecule has 1 aromatic heterocycles. The lowest BCUT2D eigenvalue weighted by molar-refractivity contribution is 0.254. The average Bonchev–Trinajstić information content (AvgIpc) is 2.86. The van der Waals surface area contributed by atoms with Crippen LogP contribution >= 0.6 is 0 Å². The van der Waals surface area contributed by atoms with E-state index in [1.807, 2.05) is 6.26 Å². The second-order valence-electron chi connectivity index (χ2n) is 6.96. The molecule has 21 heavy (non-hydrogen) atoms. The van der Waals surface area contributed by atoms with Gasteiger partial charge in [-0.15, -0.1) is 0 Å². The Bertz CT molecular complexity index is 371. The van der Waals surface area contributed by atoms with E-state index in [2.05, 4.69) is 50.9 Å². The summed E-state index contributed by atoms with van der Waals surface area (Å²) in [5.74, 6) is 1.09. The Morgan fingerprint density at radius 2 is 1.71 bits per heavy atom. The molecule has 3 heteroatoms. The third-order valence-corrected chi connectivity index (χ3v) is 3.67. The largest absolute Gasteiger partial charge is 0.468 e. The minimum Gasteiger partial charge on any atom is -0.468 e. The summed E-state index contributed by atoms with van der Waals surface area (Å²) in [5, 5.41) is 3.51. The van der Waals surface area contributed by atoms with Crippen LogP contribution in [0.3, 0.4) is 0 Å². The molecule has 0 radical (unpaired) electrons. The normalized spacial score (nSPS) is 12.3. The van der Waals surface area contributed by atoms with Crippen LogP contribution < -0.4 is 5.32 Å². The van der Waals surface area contributed by atoms with Crippen LogP contribution in [-0.4, -0.2) is 23.5 Å². The maximum atomic E-state index is 5.68. The molecule has 0 aliphatic carbocycles. The molecule has 1 N–H and O–H groups in total. The van der Waals surface area contributed by atoms with Gasteiger partial charge in [-0.25, -0.2) is 0 Å². The summed E-state index contributed by atoms with van der Waals surface area (Å²) in [6.45, 7) is 15.3. The minimum atomic E-state index is 0.119. The fraction of sp³-hybridized carbons (Fsp3) is 0.778. The number of nitrogens with zero attached hydrogens (tertiary/aromatic N) is 1. The van der Waals surface area contributed by atoms with Gasteiger partial charge >= 0.3 is 0 Å². The van der Waals surface area contributed by atoms with Gasteiger partial charge in [-0.05, 0) is 52.8 Å². The smallest absolute Gasteiger partial charge is 0.122 e. The molecule has 0 aliphatic heterocycles. The highest BCUT2D eigenvalue weighted by Gasteiger charge is 2.14. The van der Waals surface area contributed by atoms with Crippen molar-refractivity contribution in [3.05, 3.63) is 23.7 Å².